The molecule has 0 saturated carbocycles. The zero-order valence-corrected chi connectivity index (χ0v) is 9.12. The predicted octanol–water partition coefficient (Wildman–Crippen LogP) is 0.975. The van der Waals surface area contributed by atoms with Gasteiger partial charge < -0.3 is 4.55 Å². The monoisotopic (exact) mass is 226 g/mol. The minimum absolute atomic E-state index is 0.336. The summed E-state index contributed by atoms with van der Waals surface area (Å²) in [6.07, 6.45) is 9.63. The second-order valence-corrected chi connectivity index (χ2v) is 3.96. The van der Waals surface area contributed by atoms with E-state index in [0.29, 0.717) is 11.5 Å². The van der Waals surface area contributed by atoms with E-state index in [1.807, 2.05) is 12.2 Å². The summed E-state index contributed by atoms with van der Waals surface area (Å²) < 4.78 is 22.3. The van der Waals surface area contributed by atoms with Crippen LogP contribution in [0.15, 0.2) is 36.0 Å². The van der Waals surface area contributed by atoms with Crippen LogP contribution in [0.2, 0.25) is 0 Å². The van der Waals surface area contributed by atoms with E-state index in [0.717, 1.165) is 6.42 Å². The molecule has 0 aromatic carbocycles. The molecule has 4 nitrogen and oxygen atoms in total. The largest absolute Gasteiger partial charge is 0.755 e. The molecule has 0 aromatic heterocycles. The van der Waals surface area contributed by atoms with E-state index >= 15 is 0 Å². The standard InChI is InChI=1S/C10H13NO3S/c1-8-4-2-6-9(7-3-5-8)10(12)11-15(13)14/h2-4,6-8H,5H2,1H3,(H,11,12)(H,13,14)/p-1/b4-2-,7-3+,9-6+/t8-/m0/s1. The van der Waals surface area contributed by atoms with Crippen molar-refractivity contribution in [3.63, 3.8) is 0 Å². The Morgan fingerprint density at radius 2 is 2.40 bits per heavy atom. The fourth-order valence-electron chi connectivity index (χ4n) is 1.18. The number of allylic oxidation sites excluding steroid dienone is 4. The van der Waals surface area contributed by atoms with Crippen LogP contribution in [0, 0.1) is 5.92 Å². The Morgan fingerprint density at radius 3 is 3.07 bits per heavy atom. The van der Waals surface area contributed by atoms with Gasteiger partial charge in [-0.05, 0) is 18.4 Å². The van der Waals surface area contributed by atoms with Crippen molar-refractivity contribution in [1.29, 1.82) is 0 Å². The normalized spacial score (nSPS) is 30.3. The Labute approximate surface area is 91.2 Å². The second-order valence-electron chi connectivity index (χ2n) is 3.29. The molecule has 2 atom stereocenters. The van der Waals surface area contributed by atoms with E-state index < -0.39 is 17.2 Å². The maximum absolute atomic E-state index is 11.3. The highest BCUT2D eigenvalue weighted by molar-refractivity contribution is 7.77. The van der Waals surface area contributed by atoms with Crippen molar-refractivity contribution >= 4 is 17.2 Å². The summed E-state index contributed by atoms with van der Waals surface area (Å²) in [4.78, 5) is 11.3. The first-order valence-electron chi connectivity index (χ1n) is 4.55. The smallest absolute Gasteiger partial charge is 0.262 e. The summed E-state index contributed by atoms with van der Waals surface area (Å²) in [6, 6.07) is 0. The number of rotatable bonds is 2. The molecule has 1 unspecified atom stereocenters. The molecule has 1 amide bonds. The van der Waals surface area contributed by atoms with Crippen molar-refractivity contribution in [2.24, 2.45) is 5.92 Å². The Hall–Kier alpha value is -1.20. The molecule has 1 N–H and O–H groups in total. The van der Waals surface area contributed by atoms with E-state index in [1.54, 1.807) is 23.0 Å². The average molecular weight is 226 g/mol. The SMILES string of the molecule is C[C@H]1\C=C/C=C(C(=O)NS(=O)[O-])\C=C\C1. The summed E-state index contributed by atoms with van der Waals surface area (Å²) in [5.74, 6) is -0.186. The third-order valence-corrected chi connectivity index (χ3v) is 2.31. The summed E-state index contributed by atoms with van der Waals surface area (Å²) in [7, 11) is 0. The molecular weight excluding hydrogens is 214 g/mol. The van der Waals surface area contributed by atoms with Gasteiger partial charge in [0, 0.05) is 16.8 Å². The van der Waals surface area contributed by atoms with Crippen LogP contribution in [0.3, 0.4) is 0 Å². The molecule has 1 rings (SSSR count). The lowest BCUT2D eigenvalue weighted by Gasteiger charge is -2.09. The molecule has 0 radical (unpaired) electrons. The van der Waals surface area contributed by atoms with Crippen LogP contribution < -0.4 is 4.72 Å². The Kier molecular flexibility index (Phi) is 4.45. The highest BCUT2D eigenvalue weighted by Gasteiger charge is 2.06. The highest BCUT2D eigenvalue weighted by Crippen LogP contribution is 2.10. The zero-order chi connectivity index (χ0) is 11.3. The van der Waals surface area contributed by atoms with E-state index in [9.17, 15) is 13.6 Å². The maximum atomic E-state index is 11.3. The lowest BCUT2D eigenvalue weighted by Crippen LogP contribution is -2.26. The van der Waals surface area contributed by atoms with Gasteiger partial charge in [0.15, 0.2) is 0 Å². The minimum atomic E-state index is -2.56. The van der Waals surface area contributed by atoms with Crippen molar-refractivity contribution in [2.45, 2.75) is 13.3 Å². The van der Waals surface area contributed by atoms with Crippen LogP contribution in [0.5, 0.6) is 0 Å². The minimum Gasteiger partial charge on any atom is -0.755 e. The molecule has 0 heterocycles. The van der Waals surface area contributed by atoms with Crippen LogP contribution in [-0.2, 0) is 16.1 Å². The first-order chi connectivity index (χ1) is 7.09. The number of carbonyl (C=O) groups is 1. The van der Waals surface area contributed by atoms with E-state index in [2.05, 4.69) is 6.92 Å². The van der Waals surface area contributed by atoms with E-state index in [1.165, 1.54) is 0 Å². The van der Waals surface area contributed by atoms with Crippen molar-refractivity contribution < 1.29 is 13.6 Å². The predicted molar refractivity (Wildman–Crippen MR) is 57.2 cm³/mol. The maximum Gasteiger partial charge on any atom is 0.262 e. The Balaban J connectivity index is 2.76. The number of hydrogen-bond donors (Lipinski definition) is 1. The third-order valence-electron chi connectivity index (χ3n) is 1.96. The van der Waals surface area contributed by atoms with Gasteiger partial charge in [0.1, 0.15) is 0 Å². The van der Waals surface area contributed by atoms with E-state index in [4.69, 9.17) is 0 Å². The molecule has 82 valence electrons. The molecular formula is C10H12NO3S-. The van der Waals surface area contributed by atoms with Gasteiger partial charge in [0.2, 0.25) is 0 Å². The fraction of sp³-hybridized carbons (Fsp3) is 0.300. The second kappa shape index (κ2) is 5.63. The molecule has 1 aliphatic carbocycles. The Bertz CT molecular complexity index is 358. The molecule has 15 heavy (non-hydrogen) atoms. The van der Waals surface area contributed by atoms with Crippen molar-refractivity contribution in [2.75, 3.05) is 0 Å². The van der Waals surface area contributed by atoms with Gasteiger partial charge in [-0.3, -0.25) is 13.7 Å². The fourth-order valence-corrected chi connectivity index (χ4v) is 1.45. The molecule has 0 bridgehead atoms. The van der Waals surface area contributed by atoms with Gasteiger partial charge in [-0.25, -0.2) is 0 Å². The molecule has 1 aliphatic rings. The first-order valence-corrected chi connectivity index (χ1v) is 5.62. The average Bonchev–Trinajstić information content (AvgIpc) is 2.09. The summed E-state index contributed by atoms with van der Waals surface area (Å²) in [5, 5.41) is 0. The van der Waals surface area contributed by atoms with Gasteiger partial charge in [-0.1, -0.05) is 31.2 Å². The molecule has 0 aromatic rings. The third kappa shape index (κ3) is 4.22. The van der Waals surface area contributed by atoms with Gasteiger partial charge in [0.05, 0.1) is 0 Å². The van der Waals surface area contributed by atoms with Gasteiger partial charge in [-0.15, -0.1) is 0 Å². The summed E-state index contributed by atoms with van der Waals surface area (Å²) in [5.41, 5.74) is 0.336. The molecule has 0 spiro atoms. The van der Waals surface area contributed by atoms with Gasteiger partial charge >= 0.3 is 0 Å². The first kappa shape index (κ1) is 11.9. The van der Waals surface area contributed by atoms with Crippen LogP contribution >= 0.6 is 0 Å². The lowest BCUT2D eigenvalue weighted by molar-refractivity contribution is -0.115. The van der Waals surface area contributed by atoms with Crippen molar-refractivity contribution in [3.05, 3.63) is 36.0 Å². The van der Waals surface area contributed by atoms with Crippen LogP contribution in [-0.4, -0.2) is 14.7 Å². The van der Waals surface area contributed by atoms with Crippen LogP contribution in [0.4, 0.5) is 0 Å². The number of nitrogens with one attached hydrogen (secondary N) is 1. The quantitative estimate of drug-likeness (QED) is 0.713. The number of amides is 1. The van der Waals surface area contributed by atoms with Crippen molar-refractivity contribution in [1.82, 2.24) is 4.72 Å². The highest BCUT2D eigenvalue weighted by atomic mass is 32.2. The Morgan fingerprint density at radius 1 is 1.67 bits per heavy atom. The van der Waals surface area contributed by atoms with Crippen molar-refractivity contribution in [3.8, 4) is 0 Å². The molecule has 0 saturated heterocycles. The van der Waals surface area contributed by atoms with Gasteiger partial charge in [0.25, 0.3) is 5.91 Å². The number of hydrogen-bond acceptors (Lipinski definition) is 3. The topological polar surface area (TPSA) is 69.2 Å². The number of carbonyl (C=O) groups excluding carboxylic acids is 1. The molecule has 0 aliphatic heterocycles. The van der Waals surface area contributed by atoms with Crippen LogP contribution in [0.25, 0.3) is 0 Å². The zero-order valence-electron chi connectivity index (χ0n) is 8.30. The van der Waals surface area contributed by atoms with E-state index in [-0.39, 0.29) is 0 Å². The summed E-state index contributed by atoms with van der Waals surface area (Å²) in [6.45, 7) is 2.06. The van der Waals surface area contributed by atoms with Crippen LogP contribution in [0.1, 0.15) is 13.3 Å². The molecule has 5 heteroatoms. The lowest BCUT2D eigenvalue weighted by atomic mass is 10.0. The summed E-state index contributed by atoms with van der Waals surface area (Å²) >= 11 is -2.56. The molecule has 0 fully saturated rings. The van der Waals surface area contributed by atoms with Gasteiger partial charge in [-0.2, -0.15) is 0 Å².